The molecule has 6 heteroatoms. The number of aromatic nitrogens is 3. The highest BCUT2D eigenvalue weighted by atomic mass is 16.5. The Morgan fingerprint density at radius 3 is 3.10 bits per heavy atom. The minimum atomic E-state index is 0.272. The van der Waals surface area contributed by atoms with E-state index in [0.717, 1.165) is 25.2 Å². The molecule has 0 aliphatic carbocycles. The van der Waals surface area contributed by atoms with E-state index in [9.17, 15) is 0 Å². The summed E-state index contributed by atoms with van der Waals surface area (Å²) >= 11 is 0. The van der Waals surface area contributed by atoms with Crippen LogP contribution in [0, 0.1) is 5.92 Å². The van der Waals surface area contributed by atoms with Gasteiger partial charge in [-0.15, -0.1) is 0 Å². The molecule has 1 fully saturated rings. The third kappa shape index (κ3) is 2.51. The van der Waals surface area contributed by atoms with Crippen molar-refractivity contribution in [3.63, 3.8) is 0 Å². The monoisotopic (exact) mass is 275 g/mol. The van der Waals surface area contributed by atoms with Crippen LogP contribution < -0.4 is 4.74 Å². The van der Waals surface area contributed by atoms with Gasteiger partial charge in [0.05, 0.1) is 7.11 Å². The highest BCUT2D eigenvalue weighted by Crippen LogP contribution is 2.31. The first-order chi connectivity index (χ1) is 9.78. The molecule has 0 amide bonds. The van der Waals surface area contributed by atoms with Gasteiger partial charge >= 0.3 is 0 Å². The molecule has 106 valence electrons. The lowest BCUT2D eigenvalue weighted by atomic mass is 9.90. The highest BCUT2D eigenvalue weighted by molar-refractivity contribution is 5.55. The smallest absolute Gasteiger partial charge is 0.230 e. The molecule has 0 aromatic carbocycles. The van der Waals surface area contributed by atoms with Gasteiger partial charge in [0, 0.05) is 37.0 Å². The number of ether oxygens (including phenoxy) is 2. The van der Waals surface area contributed by atoms with E-state index in [4.69, 9.17) is 14.0 Å². The summed E-state index contributed by atoms with van der Waals surface area (Å²) in [5, 5.41) is 4.06. The largest absolute Gasteiger partial charge is 0.481 e. The van der Waals surface area contributed by atoms with Crippen molar-refractivity contribution in [3.05, 3.63) is 24.2 Å². The Morgan fingerprint density at radius 1 is 1.40 bits per heavy atom. The number of hydrogen-bond acceptors (Lipinski definition) is 6. The van der Waals surface area contributed by atoms with Gasteiger partial charge in [0.1, 0.15) is 0 Å². The van der Waals surface area contributed by atoms with E-state index < -0.39 is 0 Å². The van der Waals surface area contributed by atoms with Crippen molar-refractivity contribution in [2.75, 3.05) is 20.3 Å². The molecule has 2 aromatic rings. The summed E-state index contributed by atoms with van der Waals surface area (Å²) in [5.74, 6) is 2.46. The van der Waals surface area contributed by atoms with Crippen molar-refractivity contribution in [2.24, 2.45) is 5.92 Å². The van der Waals surface area contributed by atoms with Crippen LogP contribution in [0.5, 0.6) is 5.88 Å². The molecular formula is C14H17N3O3. The number of pyridine rings is 1. The predicted octanol–water partition coefficient (Wildman–Crippen LogP) is 2.28. The van der Waals surface area contributed by atoms with Crippen LogP contribution >= 0.6 is 0 Å². The molecule has 2 atom stereocenters. The number of nitrogens with zero attached hydrogens (tertiary/aromatic N) is 3. The normalized spacial score (nSPS) is 22.7. The fourth-order valence-electron chi connectivity index (χ4n) is 2.41. The van der Waals surface area contributed by atoms with Gasteiger partial charge in [0.15, 0.2) is 0 Å². The molecule has 3 heterocycles. The average Bonchev–Trinajstić information content (AvgIpc) is 2.97. The van der Waals surface area contributed by atoms with Crippen molar-refractivity contribution < 1.29 is 14.0 Å². The highest BCUT2D eigenvalue weighted by Gasteiger charge is 2.28. The van der Waals surface area contributed by atoms with Gasteiger partial charge in [0.25, 0.3) is 0 Å². The molecule has 0 bridgehead atoms. The number of methoxy groups -OCH3 is 1. The molecule has 20 heavy (non-hydrogen) atoms. The van der Waals surface area contributed by atoms with Gasteiger partial charge in [-0.1, -0.05) is 12.1 Å². The lowest BCUT2D eigenvalue weighted by molar-refractivity contribution is 0.0392. The van der Waals surface area contributed by atoms with Crippen molar-refractivity contribution in [2.45, 2.75) is 19.3 Å². The third-order valence-corrected chi connectivity index (χ3v) is 3.60. The quantitative estimate of drug-likeness (QED) is 0.855. The second-order valence-corrected chi connectivity index (χ2v) is 4.99. The molecule has 0 spiro atoms. The molecule has 3 rings (SSSR count). The van der Waals surface area contributed by atoms with E-state index >= 15 is 0 Å². The molecular weight excluding hydrogens is 258 g/mol. The lowest BCUT2D eigenvalue weighted by Gasteiger charge is -2.25. The zero-order valence-corrected chi connectivity index (χ0v) is 11.6. The summed E-state index contributed by atoms with van der Waals surface area (Å²) in [5.41, 5.74) is 0.839. The molecule has 0 radical (unpaired) electrons. The fourth-order valence-corrected chi connectivity index (χ4v) is 2.41. The van der Waals surface area contributed by atoms with E-state index in [-0.39, 0.29) is 5.92 Å². The minimum Gasteiger partial charge on any atom is -0.481 e. The van der Waals surface area contributed by atoms with E-state index in [0.29, 0.717) is 23.5 Å². The van der Waals surface area contributed by atoms with Crippen LogP contribution in [0.4, 0.5) is 0 Å². The maximum Gasteiger partial charge on any atom is 0.230 e. The minimum absolute atomic E-state index is 0.272. The molecule has 1 saturated heterocycles. The molecule has 1 aliphatic rings. The standard InChI is InChI=1S/C14H17N3O3/c1-9-8-19-6-4-11(9)14-16-13(17-20-14)10-3-5-15-12(7-10)18-2/h3,5,7,9,11H,4,6,8H2,1-2H3/t9-,11+/m0/s1. The van der Waals surface area contributed by atoms with Crippen LogP contribution in [-0.4, -0.2) is 35.4 Å². The SMILES string of the molecule is COc1cc(-c2noc([C@@H]3CCOC[C@@H]3C)n2)ccn1. The summed E-state index contributed by atoms with van der Waals surface area (Å²) in [7, 11) is 1.58. The summed E-state index contributed by atoms with van der Waals surface area (Å²) in [6.45, 7) is 3.63. The maximum absolute atomic E-state index is 5.44. The van der Waals surface area contributed by atoms with Crippen LogP contribution in [0.3, 0.4) is 0 Å². The fraction of sp³-hybridized carbons (Fsp3) is 0.500. The Kier molecular flexibility index (Phi) is 3.64. The van der Waals surface area contributed by atoms with Crippen LogP contribution in [0.15, 0.2) is 22.9 Å². The Balaban J connectivity index is 1.85. The molecule has 6 nitrogen and oxygen atoms in total. The Hall–Kier alpha value is -1.95. The van der Waals surface area contributed by atoms with E-state index in [1.54, 1.807) is 19.4 Å². The Bertz CT molecular complexity index is 585. The molecule has 0 saturated carbocycles. The maximum atomic E-state index is 5.44. The predicted molar refractivity (Wildman–Crippen MR) is 71.4 cm³/mol. The number of hydrogen-bond donors (Lipinski definition) is 0. The Morgan fingerprint density at radius 2 is 2.30 bits per heavy atom. The van der Waals surface area contributed by atoms with Gasteiger partial charge in [-0.3, -0.25) is 0 Å². The van der Waals surface area contributed by atoms with Crippen molar-refractivity contribution in [1.82, 2.24) is 15.1 Å². The topological polar surface area (TPSA) is 70.3 Å². The summed E-state index contributed by atoms with van der Waals surface area (Å²) in [4.78, 5) is 8.58. The summed E-state index contributed by atoms with van der Waals surface area (Å²) in [6, 6.07) is 3.63. The van der Waals surface area contributed by atoms with Crippen molar-refractivity contribution in [1.29, 1.82) is 0 Å². The van der Waals surface area contributed by atoms with Crippen LogP contribution in [0.2, 0.25) is 0 Å². The van der Waals surface area contributed by atoms with Crippen LogP contribution in [0.1, 0.15) is 25.2 Å². The van der Waals surface area contributed by atoms with Gasteiger partial charge in [-0.25, -0.2) is 4.98 Å². The second kappa shape index (κ2) is 5.58. The molecule has 0 unspecified atom stereocenters. The number of rotatable bonds is 3. The van der Waals surface area contributed by atoms with E-state index in [1.165, 1.54) is 0 Å². The van der Waals surface area contributed by atoms with Gasteiger partial charge in [-0.2, -0.15) is 4.98 Å². The zero-order chi connectivity index (χ0) is 13.9. The van der Waals surface area contributed by atoms with Crippen molar-refractivity contribution >= 4 is 0 Å². The summed E-state index contributed by atoms with van der Waals surface area (Å²) < 4.78 is 16.0. The first kappa shape index (κ1) is 13.1. The first-order valence-electron chi connectivity index (χ1n) is 6.69. The van der Waals surface area contributed by atoms with E-state index in [1.807, 2.05) is 6.07 Å². The second-order valence-electron chi connectivity index (χ2n) is 4.99. The summed E-state index contributed by atoms with van der Waals surface area (Å²) in [6.07, 6.45) is 2.59. The molecule has 2 aromatic heterocycles. The first-order valence-corrected chi connectivity index (χ1v) is 6.69. The molecule has 0 N–H and O–H groups in total. The molecule has 1 aliphatic heterocycles. The van der Waals surface area contributed by atoms with E-state index in [2.05, 4.69) is 22.0 Å². The van der Waals surface area contributed by atoms with Crippen molar-refractivity contribution in [3.8, 4) is 17.3 Å². The van der Waals surface area contributed by atoms with Gasteiger partial charge < -0.3 is 14.0 Å². The average molecular weight is 275 g/mol. The zero-order valence-electron chi connectivity index (χ0n) is 11.6. The lowest BCUT2D eigenvalue weighted by Crippen LogP contribution is -2.23. The van der Waals surface area contributed by atoms with Crippen LogP contribution in [0.25, 0.3) is 11.4 Å². The van der Waals surface area contributed by atoms with Crippen LogP contribution in [-0.2, 0) is 4.74 Å². The third-order valence-electron chi connectivity index (χ3n) is 3.60. The van der Waals surface area contributed by atoms with Gasteiger partial charge in [0.2, 0.25) is 17.6 Å². The Labute approximate surface area is 117 Å². The van der Waals surface area contributed by atoms with Gasteiger partial charge in [-0.05, 0) is 18.4 Å².